The van der Waals surface area contributed by atoms with Gasteiger partial charge in [-0.2, -0.15) is 0 Å². The minimum absolute atomic E-state index is 0.117. The largest absolute Gasteiger partial charge is 0.468 e. The molecule has 0 N–H and O–H groups in total. The van der Waals surface area contributed by atoms with E-state index in [1.807, 2.05) is 0 Å². The molecular formula is C5H12O2Si. The molecule has 0 heterocycles. The first-order chi connectivity index (χ1) is 3.91. The van der Waals surface area contributed by atoms with Gasteiger partial charge in [0.05, 0.1) is 6.61 Å². The summed E-state index contributed by atoms with van der Waals surface area (Å²) in [6, 6.07) is 2.44. The molecule has 0 saturated carbocycles. The monoisotopic (exact) mass is 132 g/mol. The fourth-order valence-electron chi connectivity index (χ4n) is 0.484. The molecule has 0 spiro atoms. The van der Waals surface area contributed by atoms with E-state index in [0.717, 1.165) is 6.04 Å². The maximum Gasteiger partial charge on any atom is 0.293 e. The molecule has 0 amide bonds. The Labute approximate surface area is 52.0 Å². The zero-order chi connectivity index (χ0) is 6.24. The van der Waals surface area contributed by atoms with Crippen LogP contribution in [0.2, 0.25) is 12.1 Å². The molecule has 0 fully saturated rings. The Balaban J connectivity index is 2.62. The van der Waals surface area contributed by atoms with E-state index in [9.17, 15) is 4.79 Å². The van der Waals surface area contributed by atoms with Gasteiger partial charge < -0.3 is 4.74 Å². The smallest absolute Gasteiger partial charge is 0.293 e. The van der Waals surface area contributed by atoms with Gasteiger partial charge in [-0.3, -0.25) is 4.79 Å². The summed E-state index contributed by atoms with van der Waals surface area (Å²) in [4.78, 5) is 9.56. The lowest BCUT2D eigenvalue weighted by Gasteiger charge is -1.92. The average molecular weight is 132 g/mol. The molecule has 0 aromatic carbocycles. The Morgan fingerprint density at radius 1 is 1.75 bits per heavy atom. The highest BCUT2D eigenvalue weighted by Gasteiger charge is 1.83. The number of rotatable bonds is 5. The van der Waals surface area contributed by atoms with E-state index in [-0.39, 0.29) is 9.52 Å². The van der Waals surface area contributed by atoms with Crippen molar-refractivity contribution in [2.75, 3.05) is 6.61 Å². The third-order valence-corrected chi connectivity index (χ3v) is 2.43. The average Bonchev–Trinajstić information content (AvgIpc) is 1.81. The lowest BCUT2D eigenvalue weighted by molar-refractivity contribution is -0.128. The van der Waals surface area contributed by atoms with Crippen molar-refractivity contribution in [2.24, 2.45) is 0 Å². The molecule has 0 aromatic rings. The van der Waals surface area contributed by atoms with E-state index in [1.165, 1.54) is 6.04 Å². The van der Waals surface area contributed by atoms with Crippen LogP contribution in [0.25, 0.3) is 0 Å². The van der Waals surface area contributed by atoms with Crippen LogP contribution in [0.3, 0.4) is 0 Å². The summed E-state index contributed by atoms with van der Waals surface area (Å²) in [6.07, 6.45) is 0. The van der Waals surface area contributed by atoms with Crippen LogP contribution in [0.5, 0.6) is 0 Å². The third-order valence-electron chi connectivity index (χ3n) is 0.934. The van der Waals surface area contributed by atoms with Crippen molar-refractivity contribution in [2.45, 2.75) is 19.0 Å². The van der Waals surface area contributed by atoms with Gasteiger partial charge in [-0.25, -0.2) is 0 Å². The lowest BCUT2D eigenvalue weighted by Crippen LogP contribution is -1.95. The van der Waals surface area contributed by atoms with Crippen LogP contribution in [-0.4, -0.2) is 22.6 Å². The summed E-state index contributed by atoms with van der Waals surface area (Å²) in [5.74, 6) is 0. The first-order valence-electron chi connectivity index (χ1n) is 2.97. The zero-order valence-electron chi connectivity index (χ0n) is 5.22. The molecule has 0 aliphatic carbocycles. The molecule has 0 saturated heterocycles. The molecule has 0 bridgehead atoms. The molecular weight excluding hydrogens is 120 g/mol. The quantitative estimate of drug-likeness (QED) is 0.303. The van der Waals surface area contributed by atoms with Crippen molar-refractivity contribution in [3.8, 4) is 0 Å². The van der Waals surface area contributed by atoms with Crippen molar-refractivity contribution in [1.82, 2.24) is 0 Å². The predicted octanol–water partition coefficient (Wildman–Crippen LogP) is 0.185. The standard InChI is InChI=1S/C5H12O2Si/c1-2-8-4-3-7-5-6/h5H,2-4,8H2,1H3. The molecule has 48 valence electrons. The van der Waals surface area contributed by atoms with Crippen LogP contribution in [0, 0.1) is 0 Å². The Bertz CT molecular complexity index is 56.4. The summed E-state index contributed by atoms with van der Waals surface area (Å²) in [5, 5.41) is 0. The summed E-state index contributed by atoms with van der Waals surface area (Å²) in [6.45, 7) is 3.33. The molecule has 0 atom stereocenters. The third kappa shape index (κ3) is 5.69. The van der Waals surface area contributed by atoms with Crippen LogP contribution in [0.4, 0.5) is 0 Å². The first-order valence-corrected chi connectivity index (χ1v) is 4.97. The van der Waals surface area contributed by atoms with Crippen molar-refractivity contribution < 1.29 is 9.53 Å². The number of ether oxygens (including phenoxy) is 1. The molecule has 0 rings (SSSR count). The van der Waals surface area contributed by atoms with Gasteiger partial charge in [-0.15, -0.1) is 0 Å². The molecule has 2 nitrogen and oxygen atoms in total. The molecule has 0 aliphatic heterocycles. The molecule has 3 heteroatoms. The Morgan fingerprint density at radius 3 is 3.00 bits per heavy atom. The highest BCUT2D eigenvalue weighted by Crippen LogP contribution is 1.82. The minimum atomic E-state index is 0.117. The normalized spacial score (nSPS) is 10.1. The van der Waals surface area contributed by atoms with Gasteiger partial charge in [0.25, 0.3) is 6.47 Å². The molecule has 8 heavy (non-hydrogen) atoms. The fourth-order valence-corrected chi connectivity index (χ4v) is 1.35. The van der Waals surface area contributed by atoms with Crippen molar-refractivity contribution in [3.63, 3.8) is 0 Å². The van der Waals surface area contributed by atoms with E-state index in [2.05, 4.69) is 11.7 Å². The highest BCUT2D eigenvalue weighted by atomic mass is 28.2. The van der Waals surface area contributed by atoms with Crippen LogP contribution in [0.1, 0.15) is 6.92 Å². The summed E-state index contributed by atoms with van der Waals surface area (Å²) in [5.41, 5.74) is 0. The second-order valence-corrected chi connectivity index (χ2v) is 4.09. The molecule has 0 aliphatic rings. The van der Waals surface area contributed by atoms with Gasteiger partial charge in [-0.05, 0) is 6.04 Å². The van der Waals surface area contributed by atoms with E-state index in [0.29, 0.717) is 13.1 Å². The summed E-state index contributed by atoms with van der Waals surface area (Å²) >= 11 is 0. The van der Waals surface area contributed by atoms with Gasteiger partial charge in [0.15, 0.2) is 0 Å². The fraction of sp³-hybridized carbons (Fsp3) is 0.800. The van der Waals surface area contributed by atoms with Crippen LogP contribution in [-0.2, 0) is 9.53 Å². The minimum Gasteiger partial charge on any atom is -0.468 e. The number of carbonyl (C=O) groups excluding carboxylic acids is 1. The van der Waals surface area contributed by atoms with Gasteiger partial charge in [0, 0.05) is 9.52 Å². The maximum atomic E-state index is 9.56. The number of hydrogen-bond donors (Lipinski definition) is 0. The maximum absolute atomic E-state index is 9.56. The van der Waals surface area contributed by atoms with Crippen molar-refractivity contribution in [1.29, 1.82) is 0 Å². The van der Waals surface area contributed by atoms with Crippen LogP contribution >= 0.6 is 0 Å². The number of hydrogen-bond acceptors (Lipinski definition) is 2. The Kier molecular flexibility index (Phi) is 6.43. The van der Waals surface area contributed by atoms with E-state index in [4.69, 9.17) is 0 Å². The SMILES string of the molecule is CC[SiH2]CCOC=O. The van der Waals surface area contributed by atoms with Crippen LogP contribution < -0.4 is 0 Å². The first kappa shape index (κ1) is 7.69. The van der Waals surface area contributed by atoms with Gasteiger partial charge in [0.2, 0.25) is 0 Å². The zero-order valence-corrected chi connectivity index (χ0v) is 6.64. The van der Waals surface area contributed by atoms with Crippen molar-refractivity contribution in [3.05, 3.63) is 0 Å². The van der Waals surface area contributed by atoms with E-state index in [1.54, 1.807) is 0 Å². The second kappa shape index (κ2) is 6.69. The predicted molar refractivity (Wildman–Crippen MR) is 35.8 cm³/mol. The molecule has 0 radical (unpaired) electrons. The van der Waals surface area contributed by atoms with Gasteiger partial charge >= 0.3 is 0 Å². The second-order valence-electron chi connectivity index (χ2n) is 1.67. The van der Waals surface area contributed by atoms with E-state index >= 15 is 0 Å². The molecule has 0 aromatic heterocycles. The summed E-state index contributed by atoms with van der Waals surface area (Å²) in [7, 11) is 0.117. The lowest BCUT2D eigenvalue weighted by atomic mass is 10.9. The van der Waals surface area contributed by atoms with Gasteiger partial charge in [0.1, 0.15) is 0 Å². The summed E-state index contributed by atoms with van der Waals surface area (Å²) < 4.78 is 4.49. The Morgan fingerprint density at radius 2 is 2.50 bits per heavy atom. The highest BCUT2D eigenvalue weighted by molar-refractivity contribution is 6.35. The topological polar surface area (TPSA) is 26.3 Å². The Hall–Kier alpha value is -0.313. The van der Waals surface area contributed by atoms with E-state index < -0.39 is 0 Å². The van der Waals surface area contributed by atoms with Gasteiger partial charge in [-0.1, -0.05) is 13.0 Å². The number of carbonyl (C=O) groups is 1. The van der Waals surface area contributed by atoms with Crippen LogP contribution in [0.15, 0.2) is 0 Å². The molecule has 0 unspecified atom stereocenters. The van der Waals surface area contributed by atoms with Crippen molar-refractivity contribution >= 4 is 16.0 Å².